The number of phenolic OH excluding ortho intramolecular Hbond substituents is 1. The molecule has 0 bridgehead atoms. The number of carbonyl (C=O) groups is 2. The quantitative estimate of drug-likeness (QED) is 0.167. The van der Waals surface area contributed by atoms with Crippen molar-refractivity contribution in [2.75, 3.05) is 21.3 Å². The Morgan fingerprint density at radius 2 is 1.69 bits per heavy atom. The minimum atomic E-state index is -0.877. The molecular weight excluding hydrogens is 749 g/mol. The topological polar surface area (TPSA) is 166 Å². The third kappa shape index (κ3) is 4.89. The number of nitrogens with zero attached hydrogens (tertiary/aromatic N) is 5. The highest BCUT2D eigenvalue weighted by atomic mass is 127. The normalized spacial score (nSPS) is 18.5. The van der Waals surface area contributed by atoms with Crippen molar-refractivity contribution in [1.29, 1.82) is 0 Å². The number of aromatic nitrogens is 5. The van der Waals surface area contributed by atoms with E-state index < -0.39 is 28.9 Å². The van der Waals surface area contributed by atoms with Gasteiger partial charge in [-0.2, -0.15) is 0 Å². The summed E-state index contributed by atoms with van der Waals surface area (Å²) in [6.07, 6.45) is 3.02. The van der Waals surface area contributed by atoms with E-state index in [1.807, 2.05) is 22.6 Å². The fourth-order valence-corrected chi connectivity index (χ4v) is 7.66. The molecule has 14 nitrogen and oxygen atoms in total. The van der Waals surface area contributed by atoms with E-state index in [1.54, 1.807) is 43.5 Å². The maximum atomic E-state index is 14.1. The van der Waals surface area contributed by atoms with E-state index >= 15 is 0 Å². The summed E-state index contributed by atoms with van der Waals surface area (Å²) in [5.41, 5.74) is 0.907. The monoisotopic (exact) mass is 779 g/mol. The van der Waals surface area contributed by atoms with Gasteiger partial charge in [-0.25, -0.2) is 28.5 Å². The first kappa shape index (κ1) is 32.4. The Morgan fingerprint density at radius 1 is 0.980 bits per heavy atom. The van der Waals surface area contributed by atoms with Crippen LogP contribution in [0.25, 0.3) is 11.0 Å². The van der Waals surface area contributed by atoms with Gasteiger partial charge in [0, 0.05) is 67.3 Å². The highest BCUT2D eigenvalue weighted by molar-refractivity contribution is 14.1. The Balaban J connectivity index is 1.30. The molecule has 3 heterocycles. The lowest BCUT2D eigenvalue weighted by Crippen LogP contribution is -2.40. The minimum absolute atomic E-state index is 0.00341. The number of benzene rings is 2. The summed E-state index contributed by atoms with van der Waals surface area (Å²) in [5, 5.41) is 11.2. The molecule has 0 saturated heterocycles. The highest BCUT2D eigenvalue weighted by Gasteiger charge is 2.46. The Hall–Kier alpha value is -5.19. The SMILES string of the molecule is COc1cc2nc(CCn3c(=O)n4n(c3=O)[C@@H]3CC5=C(C(=O)C(I)=CC5=O)[C@@H](c5cccc(OC)c5O)C3=CC4)c(=O)n(C)c2cc1OC. The molecule has 0 spiro atoms. The van der Waals surface area contributed by atoms with Gasteiger partial charge in [-0.1, -0.05) is 18.2 Å². The molecule has 0 unspecified atom stereocenters. The summed E-state index contributed by atoms with van der Waals surface area (Å²) in [6.45, 7) is -0.135. The molecule has 4 aromatic rings. The molecule has 49 heavy (non-hydrogen) atoms. The molecule has 1 N–H and O–H groups in total. The van der Waals surface area contributed by atoms with Crippen molar-refractivity contribution in [3.8, 4) is 23.0 Å². The summed E-state index contributed by atoms with van der Waals surface area (Å²) >= 11 is 1.83. The zero-order valence-electron chi connectivity index (χ0n) is 26.9. The number of phenols is 1. The molecule has 1 aliphatic heterocycles. The first-order valence-electron chi connectivity index (χ1n) is 15.3. The standard InChI is InChI=1S/C34H30IN5O9/c1-37-23-15-27(49-4)26(48-3)14-21(23)36-20(32(37)44)9-10-38-33(45)39-11-8-16-22(40(39)34(38)46)12-18-24(41)13-19(35)31(43)29(18)28(16)17-6-5-7-25(47-2)30(17)42/h5-8,13-15,22,28,42H,9-12H2,1-4H3/t22-,28-/m1/s1. The van der Waals surface area contributed by atoms with Gasteiger partial charge in [0.05, 0.1) is 48.5 Å². The Morgan fingerprint density at radius 3 is 2.41 bits per heavy atom. The van der Waals surface area contributed by atoms with Gasteiger partial charge < -0.3 is 23.9 Å². The van der Waals surface area contributed by atoms with Gasteiger partial charge in [-0.3, -0.25) is 14.4 Å². The van der Waals surface area contributed by atoms with Crippen LogP contribution in [0.3, 0.4) is 0 Å². The molecule has 2 aromatic carbocycles. The van der Waals surface area contributed by atoms with Crippen molar-refractivity contribution in [2.45, 2.75) is 37.9 Å². The molecule has 2 aliphatic carbocycles. The number of ether oxygens (including phenoxy) is 3. The van der Waals surface area contributed by atoms with Gasteiger partial charge >= 0.3 is 11.4 Å². The lowest BCUT2D eigenvalue weighted by molar-refractivity contribution is -0.115. The zero-order valence-corrected chi connectivity index (χ0v) is 29.0. The average molecular weight is 780 g/mol. The number of aromatic hydroxyl groups is 1. The third-order valence-corrected chi connectivity index (χ3v) is 10.3. The van der Waals surface area contributed by atoms with Crippen LogP contribution in [-0.4, -0.2) is 61.5 Å². The number of halogens is 1. The van der Waals surface area contributed by atoms with E-state index in [9.17, 15) is 29.1 Å². The molecule has 2 atom stereocenters. The van der Waals surface area contributed by atoms with Crippen LogP contribution in [0.1, 0.15) is 29.6 Å². The first-order chi connectivity index (χ1) is 23.5. The molecule has 15 heteroatoms. The number of aryl methyl sites for hydroxylation is 2. The average Bonchev–Trinajstić information content (AvgIpc) is 3.35. The highest BCUT2D eigenvalue weighted by Crippen LogP contribution is 2.52. The largest absolute Gasteiger partial charge is 0.504 e. The second-order valence-corrected chi connectivity index (χ2v) is 13.0. The first-order valence-corrected chi connectivity index (χ1v) is 16.4. The predicted molar refractivity (Wildman–Crippen MR) is 185 cm³/mol. The zero-order chi connectivity index (χ0) is 34.9. The molecule has 2 aromatic heterocycles. The van der Waals surface area contributed by atoms with Crippen molar-refractivity contribution in [3.63, 3.8) is 0 Å². The smallest absolute Gasteiger partial charge is 0.347 e. The van der Waals surface area contributed by atoms with E-state index in [0.717, 1.165) is 4.57 Å². The van der Waals surface area contributed by atoms with Crippen LogP contribution in [0.15, 0.2) is 77.2 Å². The molecular formula is C34H30IN5O9. The summed E-state index contributed by atoms with van der Waals surface area (Å²) in [4.78, 5) is 72.7. The van der Waals surface area contributed by atoms with Crippen molar-refractivity contribution >= 4 is 45.2 Å². The van der Waals surface area contributed by atoms with E-state index in [1.165, 1.54) is 41.3 Å². The van der Waals surface area contributed by atoms with E-state index in [2.05, 4.69) is 4.98 Å². The summed E-state index contributed by atoms with van der Waals surface area (Å²) < 4.78 is 21.4. The van der Waals surface area contributed by atoms with Gasteiger partial charge in [0.2, 0.25) is 0 Å². The lowest BCUT2D eigenvalue weighted by Gasteiger charge is -2.39. The van der Waals surface area contributed by atoms with Crippen molar-refractivity contribution in [2.24, 2.45) is 7.05 Å². The Labute approximate surface area is 291 Å². The number of rotatable bonds is 7. The number of ketones is 2. The number of hydrogen-bond acceptors (Lipinski definition) is 10. The van der Waals surface area contributed by atoms with Crippen LogP contribution in [0.5, 0.6) is 23.0 Å². The van der Waals surface area contributed by atoms with Gasteiger partial charge in [0.1, 0.15) is 5.69 Å². The predicted octanol–water partition coefficient (Wildman–Crippen LogP) is 2.47. The maximum Gasteiger partial charge on any atom is 0.347 e. The van der Waals surface area contributed by atoms with Crippen LogP contribution in [0, 0.1) is 0 Å². The van der Waals surface area contributed by atoms with Crippen LogP contribution in [0.4, 0.5) is 0 Å². The van der Waals surface area contributed by atoms with Gasteiger partial charge in [0.25, 0.3) is 5.56 Å². The van der Waals surface area contributed by atoms with Gasteiger partial charge in [-0.15, -0.1) is 0 Å². The van der Waals surface area contributed by atoms with Crippen LogP contribution in [-0.2, 0) is 36.1 Å². The van der Waals surface area contributed by atoms with Gasteiger partial charge in [0.15, 0.2) is 34.6 Å². The number of para-hydroxylation sites is 1. The van der Waals surface area contributed by atoms with Crippen LogP contribution >= 0.6 is 22.6 Å². The number of hydrogen-bond donors (Lipinski definition) is 1. The van der Waals surface area contributed by atoms with Crippen LogP contribution in [0.2, 0.25) is 0 Å². The molecule has 252 valence electrons. The molecule has 7 rings (SSSR count). The second-order valence-electron chi connectivity index (χ2n) is 11.8. The Bertz CT molecular complexity index is 2410. The molecule has 3 aliphatic rings. The molecule has 0 fully saturated rings. The molecule has 0 saturated carbocycles. The molecule has 0 radical (unpaired) electrons. The van der Waals surface area contributed by atoms with Crippen molar-refractivity contribution in [3.05, 3.63) is 105 Å². The molecule has 0 amide bonds. The van der Waals surface area contributed by atoms with Crippen molar-refractivity contribution in [1.82, 2.24) is 23.5 Å². The number of carbonyl (C=O) groups excluding carboxylic acids is 2. The summed E-state index contributed by atoms with van der Waals surface area (Å²) in [5.74, 6) is -0.727. The number of allylic oxidation sites excluding steroid dienone is 6. The summed E-state index contributed by atoms with van der Waals surface area (Å²) in [7, 11) is 5.99. The van der Waals surface area contributed by atoms with Crippen LogP contribution < -0.4 is 31.1 Å². The Kier molecular flexibility index (Phi) is 7.96. The van der Waals surface area contributed by atoms with Crippen molar-refractivity contribution < 1.29 is 28.9 Å². The van der Waals surface area contributed by atoms with E-state index in [4.69, 9.17) is 14.2 Å². The second kappa shape index (κ2) is 12.0. The number of Topliss-reactive ketones (excluding diaryl/α,β-unsaturated/α-hetero) is 1. The fourth-order valence-electron chi connectivity index (χ4n) is 7.09. The van der Waals surface area contributed by atoms with E-state index in [-0.39, 0.29) is 69.4 Å². The van der Waals surface area contributed by atoms with E-state index in [0.29, 0.717) is 33.7 Å². The van der Waals surface area contributed by atoms with Gasteiger partial charge in [-0.05, 0) is 34.2 Å². The minimum Gasteiger partial charge on any atom is -0.504 e. The third-order valence-electron chi connectivity index (χ3n) is 9.46. The summed E-state index contributed by atoms with van der Waals surface area (Å²) in [6, 6.07) is 7.40. The lowest BCUT2D eigenvalue weighted by atomic mass is 9.68. The number of fused-ring (bicyclic) bond motifs is 4. The maximum absolute atomic E-state index is 14.1. The fraction of sp³-hybridized carbons (Fsp3) is 0.294. The number of methoxy groups -OCH3 is 3.